The second-order valence-electron chi connectivity index (χ2n) is 3.73. The molecule has 0 aliphatic heterocycles. The van der Waals surface area contributed by atoms with Gasteiger partial charge in [-0.15, -0.1) is 0 Å². The third kappa shape index (κ3) is 2.83. The topological polar surface area (TPSA) is 42.2 Å². The smallest absolute Gasteiger partial charge is 0.147 e. The van der Waals surface area contributed by atoms with Crippen LogP contribution in [0.1, 0.15) is 26.3 Å². The lowest BCUT2D eigenvalue weighted by Gasteiger charge is -2.27. The number of hydrogen-bond acceptors (Lipinski definition) is 3. The van der Waals surface area contributed by atoms with Crippen LogP contribution in [0.15, 0.2) is 12.3 Å². The van der Waals surface area contributed by atoms with Crippen LogP contribution in [-0.4, -0.2) is 17.6 Å². The van der Waals surface area contributed by atoms with Gasteiger partial charge in [-0.3, -0.25) is 0 Å². The van der Waals surface area contributed by atoms with Crippen molar-refractivity contribution in [3.05, 3.63) is 22.8 Å². The molecule has 2 N–H and O–H groups in total. The Bertz CT molecular complexity index is 326. The van der Waals surface area contributed by atoms with Crippen LogP contribution in [0.2, 0.25) is 5.02 Å². The van der Waals surface area contributed by atoms with Crippen molar-refractivity contribution in [2.24, 2.45) is 5.73 Å². The molecule has 0 saturated carbocycles. The predicted octanol–water partition coefficient (Wildman–Crippen LogP) is 2.43. The summed E-state index contributed by atoms with van der Waals surface area (Å²) < 4.78 is 0. The highest BCUT2D eigenvalue weighted by molar-refractivity contribution is 6.33. The molecule has 0 bridgehead atoms. The van der Waals surface area contributed by atoms with Gasteiger partial charge in [0.1, 0.15) is 5.82 Å². The molecule has 15 heavy (non-hydrogen) atoms. The first-order valence-corrected chi connectivity index (χ1v) is 5.59. The normalized spacial score (nSPS) is 10.8. The lowest BCUT2D eigenvalue weighted by molar-refractivity contribution is 0.693. The fourth-order valence-corrected chi connectivity index (χ4v) is 1.85. The molecule has 4 heteroatoms. The van der Waals surface area contributed by atoms with Crippen molar-refractivity contribution in [2.75, 3.05) is 11.4 Å². The van der Waals surface area contributed by atoms with E-state index in [0.29, 0.717) is 17.6 Å². The summed E-state index contributed by atoms with van der Waals surface area (Å²) in [6.07, 6.45) is 1.78. The molecule has 0 aliphatic carbocycles. The maximum Gasteiger partial charge on any atom is 0.147 e. The van der Waals surface area contributed by atoms with Gasteiger partial charge in [-0.2, -0.15) is 0 Å². The van der Waals surface area contributed by atoms with Crippen molar-refractivity contribution in [3.63, 3.8) is 0 Å². The van der Waals surface area contributed by atoms with E-state index in [1.807, 2.05) is 6.07 Å². The number of rotatable bonds is 4. The fraction of sp³-hybridized carbons (Fsp3) is 0.545. The molecule has 0 aromatic carbocycles. The van der Waals surface area contributed by atoms with Crippen LogP contribution in [0.4, 0.5) is 5.82 Å². The van der Waals surface area contributed by atoms with Gasteiger partial charge >= 0.3 is 0 Å². The lowest BCUT2D eigenvalue weighted by atomic mass is 10.2. The van der Waals surface area contributed by atoms with Gasteiger partial charge in [0.05, 0.1) is 5.02 Å². The molecule has 0 radical (unpaired) electrons. The number of nitrogens with zero attached hydrogens (tertiary/aromatic N) is 2. The van der Waals surface area contributed by atoms with Crippen molar-refractivity contribution < 1.29 is 0 Å². The zero-order valence-corrected chi connectivity index (χ0v) is 10.3. The van der Waals surface area contributed by atoms with Crippen molar-refractivity contribution in [3.8, 4) is 0 Å². The molecule has 1 rings (SSSR count). The number of pyridine rings is 1. The standard InChI is InChI=1S/C11H18ClN3/c1-4-15(8(2)3)11-10(12)5-9(6-13)7-14-11/h5,7-8H,4,6,13H2,1-3H3. The van der Waals surface area contributed by atoms with Gasteiger partial charge in [-0.05, 0) is 32.4 Å². The van der Waals surface area contributed by atoms with E-state index in [-0.39, 0.29) is 0 Å². The average Bonchev–Trinajstić information content (AvgIpc) is 2.20. The van der Waals surface area contributed by atoms with E-state index in [0.717, 1.165) is 17.9 Å². The Balaban J connectivity index is 3.03. The summed E-state index contributed by atoms with van der Waals surface area (Å²) in [6.45, 7) is 7.71. The van der Waals surface area contributed by atoms with E-state index < -0.39 is 0 Å². The van der Waals surface area contributed by atoms with E-state index in [1.54, 1.807) is 6.20 Å². The number of halogens is 1. The highest BCUT2D eigenvalue weighted by atomic mass is 35.5. The minimum Gasteiger partial charge on any atom is -0.353 e. The second-order valence-corrected chi connectivity index (χ2v) is 4.14. The highest BCUT2D eigenvalue weighted by Gasteiger charge is 2.13. The fourth-order valence-electron chi connectivity index (χ4n) is 1.55. The molecule has 0 aliphatic rings. The summed E-state index contributed by atoms with van der Waals surface area (Å²) in [4.78, 5) is 6.51. The number of nitrogens with two attached hydrogens (primary N) is 1. The molecule has 1 aromatic heterocycles. The van der Waals surface area contributed by atoms with Crippen molar-refractivity contribution >= 4 is 17.4 Å². The molecular formula is C11H18ClN3. The van der Waals surface area contributed by atoms with E-state index in [1.165, 1.54) is 0 Å². The number of aromatic nitrogens is 1. The van der Waals surface area contributed by atoms with Gasteiger partial charge in [-0.25, -0.2) is 4.98 Å². The molecule has 0 unspecified atom stereocenters. The van der Waals surface area contributed by atoms with Crippen molar-refractivity contribution in [1.82, 2.24) is 4.98 Å². The van der Waals surface area contributed by atoms with Crippen LogP contribution < -0.4 is 10.6 Å². The highest BCUT2D eigenvalue weighted by Crippen LogP contribution is 2.25. The molecule has 1 heterocycles. The van der Waals surface area contributed by atoms with Crippen LogP contribution in [0.5, 0.6) is 0 Å². The Morgan fingerprint density at radius 2 is 2.20 bits per heavy atom. The first kappa shape index (κ1) is 12.3. The molecule has 0 saturated heterocycles. The van der Waals surface area contributed by atoms with Gasteiger partial charge in [0.15, 0.2) is 0 Å². The third-order valence-corrected chi connectivity index (χ3v) is 2.63. The van der Waals surface area contributed by atoms with E-state index in [4.69, 9.17) is 17.3 Å². The third-order valence-electron chi connectivity index (χ3n) is 2.35. The van der Waals surface area contributed by atoms with Gasteiger partial charge < -0.3 is 10.6 Å². The molecule has 84 valence electrons. The van der Waals surface area contributed by atoms with E-state index in [9.17, 15) is 0 Å². The van der Waals surface area contributed by atoms with Crippen LogP contribution in [0, 0.1) is 0 Å². The van der Waals surface area contributed by atoms with Crippen molar-refractivity contribution in [2.45, 2.75) is 33.4 Å². The van der Waals surface area contributed by atoms with Crippen molar-refractivity contribution in [1.29, 1.82) is 0 Å². The summed E-state index contributed by atoms with van der Waals surface area (Å²) in [6, 6.07) is 2.28. The Kier molecular flexibility index (Phi) is 4.36. The summed E-state index contributed by atoms with van der Waals surface area (Å²) in [5.74, 6) is 0.839. The monoisotopic (exact) mass is 227 g/mol. The summed E-state index contributed by atoms with van der Waals surface area (Å²) in [5, 5.41) is 0.675. The van der Waals surface area contributed by atoms with E-state index >= 15 is 0 Å². The summed E-state index contributed by atoms with van der Waals surface area (Å²) in [7, 11) is 0. The molecule has 0 fully saturated rings. The molecular weight excluding hydrogens is 210 g/mol. The van der Waals surface area contributed by atoms with Gasteiger partial charge in [0.25, 0.3) is 0 Å². The predicted molar refractivity (Wildman–Crippen MR) is 65.3 cm³/mol. The van der Waals surface area contributed by atoms with Gasteiger partial charge in [0.2, 0.25) is 0 Å². The van der Waals surface area contributed by atoms with E-state index in [2.05, 4.69) is 30.7 Å². The minimum atomic E-state index is 0.392. The lowest BCUT2D eigenvalue weighted by Crippen LogP contribution is -2.31. The average molecular weight is 228 g/mol. The summed E-state index contributed by atoms with van der Waals surface area (Å²) >= 11 is 6.17. The first-order chi connectivity index (χ1) is 7.10. The zero-order valence-electron chi connectivity index (χ0n) is 9.50. The first-order valence-electron chi connectivity index (χ1n) is 5.21. The maximum atomic E-state index is 6.17. The Labute approximate surface area is 96.2 Å². The summed E-state index contributed by atoms with van der Waals surface area (Å²) in [5.41, 5.74) is 6.49. The molecule has 0 spiro atoms. The minimum absolute atomic E-state index is 0.392. The largest absolute Gasteiger partial charge is 0.353 e. The number of anilines is 1. The Hall–Kier alpha value is -0.800. The quantitative estimate of drug-likeness (QED) is 0.859. The Morgan fingerprint density at radius 1 is 1.53 bits per heavy atom. The zero-order chi connectivity index (χ0) is 11.4. The van der Waals surface area contributed by atoms with Crippen LogP contribution in [0.3, 0.4) is 0 Å². The Morgan fingerprint density at radius 3 is 2.60 bits per heavy atom. The SMILES string of the molecule is CCN(c1ncc(CN)cc1Cl)C(C)C. The molecule has 1 aromatic rings. The van der Waals surface area contributed by atoms with Crippen LogP contribution in [-0.2, 0) is 6.54 Å². The van der Waals surface area contributed by atoms with Crippen LogP contribution in [0.25, 0.3) is 0 Å². The van der Waals surface area contributed by atoms with Crippen LogP contribution >= 0.6 is 11.6 Å². The van der Waals surface area contributed by atoms with Gasteiger partial charge in [0, 0.05) is 25.3 Å². The second kappa shape index (κ2) is 5.33. The van der Waals surface area contributed by atoms with Gasteiger partial charge in [-0.1, -0.05) is 11.6 Å². The number of hydrogen-bond donors (Lipinski definition) is 1. The molecule has 0 atom stereocenters. The molecule has 0 amide bonds. The maximum absolute atomic E-state index is 6.17. The molecule has 3 nitrogen and oxygen atoms in total.